The first kappa shape index (κ1) is 17.5. The van der Waals surface area contributed by atoms with Gasteiger partial charge in [0.2, 0.25) is 0 Å². The predicted octanol–water partition coefficient (Wildman–Crippen LogP) is 2.01. The molecular formula is C17H26N2O4. The second-order valence-corrected chi connectivity index (χ2v) is 5.98. The van der Waals surface area contributed by atoms with Crippen molar-refractivity contribution in [2.75, 3.05) is 26.2 Å². The fraction of sp³-hybridized carbons (Fsp3) is 0.647. The van der Waals surface area contributed by atoms with E-state index in [9.17, 15) is 9.59 Å². The van der Waals surface area contributed by atoms with Gasteiger partial charge in [-0.1, -0.05) is 0 Å². The Morgan fingerprint density at radius 1 is 1.26 bits per heavy atom. The molecule has 0 saturated carbocycles. The zero-order valence-electron chi connectivity index (χ0n) is 13.9. The zero-order chi connectivity index (χ0) is 16.7. The Morgan fingerprint density at radius 2 is 2.00 bits per heavy atom. The summed E-state index contributed by atoms with van der Waals surface area (Å²) >= 11 is 0. The van der Waals surface area contributed by atoms with Crippen LogP contribution in [-0.4, -0.2) is 53.8 Å². The summed E-state index contributed by atoms with van der Waals surface area (Å²) in [6.07, 6.45) is 5.87. The highest BCUT2D eigenvalue weighted by atomic mass is 16.5. The van der Waals surface area contributed by atoms with Crippen molar-refractivity contribution < 1.29 is 19.1 Å². The van der Waals surface area contributed by atoms with Gasteiger partial charge < -0.3 is 14.0 Å². The van der Waals surface area contributed by atoms with Gasteiger partial charge in [0.1, 0.15) is 6.10 Å². The Bertz CT molecular complexity index is 501. The SMILES string of the molecule is CCOC(=O)CN1CCC[C@H](OC(=O)C[C@@H](C)n2cccc2)C1. The lowest BCUT2D eigenvalue weighted by molar-refractivity contribution is -0.153. The first-order valence-corrected chi connectivity index (χ1v) is 8.28. The molecule has 1 aromatic heterocycles. The highest BCUT2D eigenvalue weighted by molar-refractivity contribution is 5.71. The Balaban J connectivity index is 1.75. The van der Waals surface area contributed by atoms with Crippen LogP contribution in [0.5, 0.6) is 0 Å². The molecule has 6 nitrogen and oxygen atoms in total. The number of carbonyl (C=O) groups is 2. The van der Waals surface area contributed by atoms with Gasteiger partial charge in [0.05, 0.1) is 19.6 Å². The molecule has 0 amide bonds. The molecule has 0 radical (unpaired) electrons. The van der Waals surface area contributed by atoms with E-state index in [0.717, 1.165) is 19.4 Å². The average Bonchev–Trinajstić information content (AvgIpc) is 3.01. The Hall–Kier alpha value is -1.82. The van der Waals surface area contributed by atoms with Gasteiger partial charge in [-0.25, -0.2) is 0 Å². The molecule has 1 fully saturated rings. The molecule has 0 bridgehead atoms. The van der Waals surface area contributed by atoms with E-state index >= 15 is 0 Å². The van der Waals surface area contributed by atoms with E-state index in [2.05, 4.69) is 0 Å². The second kappa shape index (κ2) is 8.72. The lowest BCUT2D eigenvalue weighted by atomic mass is 10.1. The molecule has 0 aromatic carbocycles. The maximum Gasteiger partial charge on any atom is 0.320 e. The highest BCUT2D eigenvalue weighted by Crippen LogP contribution is 2.17. The molecule has 1 aliphatic rings. The van der Waals surface area contributed by atoms with E-state index < -0.39 is 0 Å². The van der Waals surface area contributed by atoms with Gasteiger partial charge in [0.15, 0.2) is 0 Å². The first-order valence-electron chi connectivity index (χ1n) is 8.28. The average molecular weight is 322 g/mol. The molecule has 1 aliphatic heterocycles. The second-order valence-electron chi connectivity index (χ2n) is 5.98. The van der Waals surface area contributed by atoms with Gasteiger partial charge in [-0.3, -0.25) is 14.5 Å². The van der Waals surface area contributed by atoms with Crippen molar-refractivity contribution in [2.45, 2.75) is 45.3 Å². The minimum Gasteiger partial charge on any atom is -0.465 e. The smallest absolute Gasteiger partial charge is 0.320 e. The Kier molecular flexibility index (Phi) is 6.65. The lowest BCUT2D eigenvalue weighted by Crippen LogP contribution is -2.43. The van der Waals surface area contributed by atoms with Crippen molar-refractivity contribution in [1.82, 2.24) is 9.47 Å². The summed E-state index contributed by atoms with van der Waals surface area (Å²) in [5.41, 5.74) is 0. The van der Waals surface area contributed by atoms with Crippen molar-refractivity contribution in [3.63, 3.8) is 0 Å². The van der Waals surface area contributed by atoms with Crippen LogP contribution >= 0.6 is 0 Å². The van der Waals surface area contributed by atoms with Crippen LogP contribution in [0.3, 0.4) is 0 Å². The van der Waals surface area contributed by atoms with Gasteiger partial charge in [0, 0.05) is 25.0 Å². The molecule has 6 heteroatoms. The standard InChI is InChI=1S/C17H26N2O4/c1-3-22-17(21)13-18-8-6-7-15(12-18)23-16(20)11-14(2)19-9-4-5-10-19/h4-5,9-10,14-15H,3,6-8,11-13H2,1-2H3/t14-,15+/m1/s1. The largest absolute Gasteiger partial charge is 0.465 e. The third-order valence-electron chi connectivity index (χ3n) is 4.02. The summed E-state index contributed by atoms with van der Waals surface area (Å²) in [5, 5.41) is 0. The summed E-state index contributed by atoms with van der Waals surface area (Å²) < 4.78 is 12.5. The number of esters is 2. The van der Waals surface area contributed by atoms with E-state index in [-0.39, 0.29) is 30.6 Å². The fourth-order valence-electron chi connectivity index (χ4n) is 2.86. The van der Waals surface area contributed by atoms with Gasteiger partial charge in [-0.15, -0.1) is 0 Å². The normalized spacial score (nSPS) is 20.0. The molecule has 0 spiro atoms. The monoisotopic (exact) mass is 322 g/mol. The Labute approximate surface area is 137 Å². The number of piperidine rings is 1. The van der Waals surface area contributed by atoms with E-state index in [4.69, 9.17) is 9.47 Å². The van der Waals surface area contributed by atoms with Gasteiger partial charge in [0.25, 0.3) is 0 Å². The van der Waals surface area contributed by atoms with Crippen molar-refractivity contribution in [3.05, 3.63) is 24.5 Å². The molecule has 2 atom stereocenters. The Morgan fingerprint density at radius 3 is 2.70 bits per heavy atom. The number of nitrogens with zero attached hydrogens (tertiary/aromatic N) is 2. The van der Waals surface area contributed by atoms with Crippen LogP contribution in [0.2, 0.25) is 0 Å². The maximum absolute atomic E-state index is 12.1. The summed E-state index contributed by atoms with van der Waals surface area (Å²) in [7, 11) is 0. The summed E-state index contributed by atoms with van der Waals surface area (Å²) in [6, 6.07) is 3.96. The van der Waals surface area contributed by atoms with Crippen LogP contribution in [0, 0.1) is 0 Å². The number of hydrogen-bond acceptors (Lipinski definition) is 5. The number of hydrogen-bond donors (Lipinski definition) is 0. The molecule has 23 heavy (non-hydrogen) atoms. The quantitative estimate of drug-likeness (QED) is 0.719. The van der Waals surface area contributed by atoms with E-state index in [0.29, 0.717) is 19.6 Å². The molecular weight excluding hydrogens is 296 g/mol. The van der Waals surface area contributed by atoms with Crippen LogP contribution in [-0.2, 0) is 19.1 Å². The van der Waals surface area contributed by atoms with E-state index in [1.165, 1.54) is 0 Å². The fourth-order valence-corrected chi connectivity index (χ4v) is 2.86. The molecule has 1 aromatic rings. The third-order valence-corrected chi connectivity index (χ3v) is 4.02. The topological polar surface area (TPSA) is 60.8 Å². The molecule has 0 unspecified atom stereocenters. The number of rotatable bonds is 7. The number of likely N-dealkylation sites (tertiary alicyclic amines) is 1. The van der Waals surface area contributed by atoms with Crippen LogP contribution in [0.15, 0.2) is 24.5 Å². The van der Waals surface area contributed by atoms with E-state index in [1.54, 1.807) is 6.92 Å². The maximum atomic E-state index is 12.1. The predicted molar refractivity (Wildman–Crippen MR) is 85.9 cm³/mol. The minimum absolute atomic E-state index is 0.0803. The summed E-state index contributed by atoms with van der Waals surface area (Å²) in [5.74, 6) is -0.408. The van der Waals surface area contributed by atoms with Crippen molar-refractivity contribution >= 4 is 11.9 Å². The third kappa shape index (κ3) is 5.71. The lowest BCUT2D eigenvalue weighted by Gasteiger charge is -2.31. The highest BCUT2D eigenvalue weighted by Gasteiger charge is 2.25. The van der Waals surface area contributed by atoms with Crippen LogP contribution in [0.25, 0.3) is 0 Å². The molecule has 0 aliphatic carbocycles. The molecule has 1 saturated heterocycles. The number of carbonyl (C=O) groups excluding carboxylic acids is 2. The zero-order valence-corrected chi connectivity index (χ0v) is 13.9. The van der Waals surface area contributed by atoms with Crippen LogP contribution in [0.4, 0.5) is 0 Å². The number of aromatic nitrogens is 1. The van der Waals surface area contributed by atoms with Crippen molar-refractivity contribution in [3.8, 4) is 0 Å². The molecule has 128 valence electrons. The van der Waals surface area contributed by atoms with Crippen molar-refractivity contribution in [1.29, 1.82) is 0 Å². The van der Waals surface area contributed by atoms with E-state index in [1.807, 2.05) is 40.9 Å². The first-order chi connectivity index (χ1) is 11.1. The van der Waals surface area contributed by atoms with Crippen molar-refractivity contribution in [2.24, 2.45) is 0 Å². The van der Waals surface area contributed by atoms with Gasteiger partial charge >= 0.3 is 11.9 Å². The molecule has 0 N–H and O–H groups in total. The number of ether oxygens (including phenoxy) is 2. The summed E-state index contributed by atoms with van der Waals surface area (Å²) in [6.45, 7) is 5.89. The van der Waals surface area contributed by atoms with Crippen LogP contribution in [0.1, 0.15) is 39.2 Å². The molecule has 2 heterocycles. The molecule has 2 rings (SSSR count). The summed E-state index contributed by atoms with van der Waals surface area (Å²) in [4.78, 5) is 25.6. The van der Waals surface area contributed by atoms with Gasteiger partial charge in [-0.05, 0) is 45.4 Å². The van der Waals surface area contributed by atoms with Crippen LogP contribution < -0.4 is 0 Å². The van der Waals surface area contributed by atoms with Gasteiger partial charge in [-0.2, -0.15) is 0 Å². The minimum atomic E-state index is -0.222.